The predicted octanol–water partition coefficient (Wildman–Crippen LogP) is 2.96. The van der Waals surface area contributed by atoms with Gasteiger partial charge >= 0.3 is 7.25 Å². The van der Waals surface area contributed by atoms with Crippen molar-refractivity contribution in [1.29, 1.82) is 0 Å². The van der Waals surface area contributed by atoms with Gasteiger partial charge in [-0.25, -0.2) is 0 Å². The molecule has 1 heterocycles. The Morgan fingerprint density at radius 2 is 1.73 bits per heavy atom. The topological polar surface area (TPSA) is 3.88 Å². The Morgan fingerprint density at radius 1 is 1.20 bits per heavy atom. The minimum atomic E-state index is -6.00. The Labute approximate surface area is 84.6 Å². The fraction of sp³-hybridized carbons (Fsp3) is 0.375. The van der Waals surface area contributed by atoms with E-state index in [0.717, 1.165) is 18.5 Å². The Bertz CT molecular complexity index is 283. The first-order valence-corrected chi connectivity index (χ1v) is 4.37. The number of aromatic nitrogens is 1. The highest BCUT2D eigenvalue weighted by Crippen LogP contribution is 2.06. The van der Waals surface area contributed by atoms with E-state index in [2.05, 4.69) is 0 Å². The number of hydrogen-bond acceptors (Lipinski definition) is 0. The van der Waals surface area contributed by atoms with Crippen LogP contribution in [0.25, 0.3) is 0 Å². The minimum absolute atomic E-state index is 0.670. The van der Waals surface area contributed by atoms with Crippen molar-refractivity contribution >= 4 is 7.25 Å². The summed E-state index contributed by atoms with van der Waals surface area (Å²) in [6.45, 7) is 2.03. The highest BCUT2D eigenvalue weighted by Gasteiger charge is 2.20. The summed E-state index contributed by atoms with van der Waals surface area (Å²) in [6, 6.07) is 5.32. The minimum Gasteiger partial charge on any atom is -0.418 e. The molecule has 7 heteroatoms. The number of hydrogen-bond donors (Lipinski definition) is 0. The zero-order valence-electron chi connectivity index (χ0n) is 8.14. The maximum absolute atomic E-state index is 12.7. The molecule has 0 amide bonds. The molecule has 0 saturated carbocycles. The molecule has 1 aromatic heterocycles. The van der Waals surface area contributed by atoms with E-state index in [4.69, 9.17) is 0 Å². The van der Waals surface area contributed by atoms with E-state index in [9.17, 15) is 21.7 Å². The summed E-state index contributed by atoms with van der Waals surface area (Å²) >= 11 is 0. The number of halogens is 5. The van der Waals surface area contributed by atoms with Crippen LogP contribution >= 0.6 is 0 Å². The van der Waals surface area contributed by atoms with E-state index in [1.165, 1.54) is 6.20 Å². The van der Waals surface area contributed by atoms with Crippen LogP contribution in [0.3, 0.4) is 0 Å². The van der Waals surface area contributed by atoms with Crippen LogP contribution in [0.1, 0.15) is 19.0 Å². The lowest BCUT2D eigenvalue weighted by atomic mass is 10.2. The Morgan fingerprint density at radius 3 is 2.13 bits per heavy atom. The second kappa shape index (κ2) is 6.37. The number of aryl methyl sites for hydroxylation is 1. The maximum atomic E-state index is 12.7. The highest BCUT2D eigenvalue weighted by atomic mass is 19.5. The monoisotopic (exact) mass is 227 g/mol. The summed E-state index contributed by atoms with van der Waals surface area (Å²) in [5, 5.41) is 0. The van der Waals surface area contributed by atoms with Gasteiger partial charge in [0, 0.05) is 23.3 Å². The molecule has 0 unspecified atom stereocenters. The molecular weight excluding hydrogens is 216 g/mol. The number of pyridine rings is 1. The molecule has 0 spiro atoms. The van der Waals surface area contributed by atoms with Gasteiger partial charge in [-0.1, -0.05) is 6.92 Å². The molecule has 0 N–H and O–H groups in total. The van der Waals surface area contributed by atoms with Crippen LogP contribution in [-0.2, 0) is 6.42 Å². The molecule has 0 aromatic carbocycles. The molecular formula is C8H11BF5N. The average molecular weight is 227 g/mol. The van der Waals surface area contributed by atoms with Gasteiger partial charge in [0.25, 0.3) is 0 Å². The fourth-order valence-corrected chi connectivity index (χ4v) is 0.905. The lowest BCUT2D eigenvalue weighted by molar-refractivity contribution is -0.849. The van der Waals surface area contributed by atoms with Crippen LogP contribution in [0.15, 0.2) is 24.4 Å². The molecule has 0 bridgehead atoms. The van der Waals surface area contributed by atoms with E-state index < -0.39 is 7.25 Å². The lowest BCUT2D eigenvalue weighted by Crippen LogP contribution is -2.27. The molecule has 15 heavy (non-hydrogen) atoms. The molecule has 0 radical (unpaired) electrons. The van der Waals surface area contributed by atoms with Gasteiger partial charge in [-0.15, -0.1) is 0 Å². The molecule has 0 saturated heterocycles. The van der Waals surface area contributed by atoms with Crippen molar-refractivity contribution in [1.82, 2.24) is 0 Å². The molecule has 1 nitrogen and oxygen atoms in total. The molecule has 0 fully saturated rings. The van der Waals surface area contributed by atoms with Crippen LogP contribution in [0.4, 0.5) is 21.7 Å². The van der Waals surface area contributed by atoms with Gasteiger partial charge in [0.05, 0.1) is 4.48 Å². The second-order valence-electron chi connectivity index (χ2n) is 2.75. The van der Waals surface area contributed by atoms with Crippen molar-refractivity contribution in [3.05, 3.63) is 30.1 Å². The first-order valence-electron chi connectivity index (χ1n) is 4.37. The standard InChI is InChI=1S/C8H11FN.BF4/c1-2-5-8-6-3-4-7-10(8)9;2-1(3,4)5/h3-4,6-7H,2,5H2,1H3;/q+1;-1. The zero-order chi connectivity index (χ0) is 11.9. The Hall–Kier alpha value is -1.14. The Balaban J connectivity index is 0.000000336. The van der Waals surface area contributed by atoms with E-state index in [1.807, 2.05) is 13.0 Å². The van der Waals surface area contributed by atoms with Gasteiger partial charge in [-0.05, 0) is 12.5 Å². The van der Waals surface area contributed by atoms with Crippen LogP contribution in [0.5, 0.6) is 0 Å². The van der Waals surface area contributed by atoms with E-state index in [-0.39, 0.29) is 0 Å². The van der Waals surface area contributed by atoms with E-state index >= 15 is 0 Å². The summed E-state index contributed by atoms with van der Waals surface area (Å²) in [6.07, 6.45) is 3.20. The second-order valence-corrected chi connectivity index (χ2v) is 2.75. The van der Waals surface area contributed by atoms with Gasteiger partial charge < -0.3 is 17.3 Å². The molecule has 0 aliphatic rings. The third kappa shape index (κ3) is 9.18. The van der Waals surface area contributed by atoms with E-state index in [0.29, 0.717) is 4.79 Å². The summed E-state index contributed by atoms with van der Waals surface area (Å²) in [7, 11) is -6.00. The fourth-order valence-electron chi connectivity index (χ4n) is 0.905. The molecule has 1 rings (SSSR count). The van der Waals surface area contributed by atoms with Crippen LogP contribution < -0.4 is 4.79 Å². The van der Waals surface area contributed by atoms with Crippen LogP contribution in [-0.4, -0.2) is 7.25 Å². The van der Waals surface area contributed by atoms with Gasteiger partial charge in [0.1, 0.15) is 0 Å². The molecule has 1 aromatic rings. The quantitative estimate of drug-likeness (QED) is 0.540. The molecule has 86 valence electrons. The first kappa shape index (κ1) is 13.9. The van der Waals surface area contributed by atoms with Crippen molar-refractivity contribution in [2.45, 2.75) is 19.8 Å². The van der Waals surface area contributed by atoms with Crippen molar-refractivity contribution in [2.24, 2.45) is 0 Å². The molecule has 0 aliphatic carbocycles. The summed E-state index contributed by atoms with van der Waals surface area (Å²) in [5.41, 5.74) is 0.741. The van der Waals surface area contributed by atoms with Gasteiger partial charge in [-0.2, -0.15) is 0 Å². The van der Waals surface area contributed by atoms with Crippen LogP contribution in [0.2, 0.25) is 0 Å². The lowest BCUT2D eigenvalue weighted by Gasteiger charge is -1.94. The predicted molar refractivity (Wildman–Crippen MR) is 47.3 cm³/mol. The maximum Gasteiger partial charge on any atom is 0.673 e. The number of rotatable bonds is 2. The Kier molecular flexibility index (Phi) is 5.89. The van der Waals surface area contributed by atoms with Gasteiger partial charge in [-0.3, -0.25) is 0 Å². The molecule has 0 atom stereocenters. The van der Waals surface area contributed by atoms with Crippen molar-refractivity contribution in [3.8, 4) is 0 Å². The SMILES string of the molecule is CCCc1cccc[n+]1F.F[B-](F)(F)F. The zero-order valence-corrected chi connectivity index (χ0v) is 8.14. The summed E-state index contributed by atoms with van der Waals surface area (Å²) < 4.78 is 51.7. The third-order valence-electron chi connectivity index (χ3n) is 1.40. The van der Waals surface area contributed by atoms with Crippen LogP contribution in [0, 0.1) is 0 Å². The summed E-state index contributed by atoms with van der Waals surface area (Å²) in [5.74, 6) is 0. The van der Waals surface area contributed by atoms with Crippen molar-refractivity contribution in [3.63, 3.8) is 0 Å². The molecule has 0 aliphatic heterocycles. The summed E-state index contributed by atoms with van der Waals surface area (Å²) in [4.78, 5) is 0.670. The highest BCUT2D eigenvalue weighted by molar-refractivity contribution is 6.50. The largest absolute Gasteiger partial charge is 0.673 e. The van der Waals surface area contributed by atoms with Crippen molar-refractivity contribution < 1.29 is 26.5 Å². The van der Waals surface area contributed by atoms with Crippen molar-refractivity contribution in [2.75, 3.05) is 0 Å². The normalized spacial score (nSPS) is 10.5. The van der Waals surface area contributed by atoms with Gasteiger partial charge in [0.15, 0.2) is 0 Å². The smallest absolute Gasteiger partial charge is 0.418 e. The van der Waals surface area contributed by atoms with E-state index in [1.54, 1.807) is 12.1 Å². The average Bonchev–Trinajstić information content (AvgIpc) is 2.06. The number of nitrogens with zero attached hydrogens (tertiary/aromatic N) is 1. The van der Waals surface area contributed by atoms with Gasteiger partial charge in [0.2, 0.25) is 11.9 Å². The first-order chi connectivity index (χ1) is 6.84. The third-order valence-corrected chi connectivity index (χ3v) is 1.40.